The molecule has 0 saturated heterocycles. The molecule has 0 fully saturated rings. The maximum Gasteiger partial charge on any atom is 0.297 e. The van der Waals surface area contributed by atoms with Crippen molar-refractivity contribution in [3.63, 3.8) is 0 Å². The van der Waals surface area contributed by atoms with Gasteiger partial charge >= 0.3 is 0 Å². The lowest BCUT2D eigenvalue weighted by molar-refractivity contribution is 0.0969. The van der Waals surface area contributed by atoms with Crippen molar-refractivity contribution in [3.8, 4) is 5.75 Å². The average molecular weight is 503 g/mol. The van der Waals surface area contributed by atoms with E-state index in [1.54, 1.807) is 31.2 Å². The van der Waals surface area contributed by atoms with Gasteiger partial charge in [0.1, 0.15) is 11.3 Å². The van der Waals surface area contributed by atoms with E-state index in [9.17, 15) is 14.4 Å². The number of hydrogen-bond donors (Lipinski definition) is 0. The number of nitrogens with zero attached hydrogens (tertiary/aromatic N) is 2. The largest absolute Gasteiger partial charge is 0.494 e. The summed E-state index contributed by atoms with van der Waals surface area (Å²) < 4.78 is 12.0. The molecule has 0 N–H and O–H groups in total. The summed E-state index contributed by atoms with van der Waals surface area (Å²) in [6, 6.07) is 13.6. The zero-order valence-corrected chi connectivity index (χ0v) is 21.2. The van der Waals surface area contributed by atoms with Crippen molar-refractivity contribution in [2.45, 2.75) is 46.1 Å². The van der Waals surface area contributed by atoms with Gasteiger partial charge in [-0.25, -0.2) is 4.98 Å². The third-order valence-electron chi connectivity index (χ3n) is 6.28. The smallest absolute Gasteiger partial charge is 0.297 e. The molecule has 8 heteroatoms. The number of para-hydroxylation sites is 1. The van der Waals surface area contributed by atoms with Crippen LogP contribution < -0.4 is 15.1 Å². The number of ether oxygens (including phenoxy) is 1. The first-order chi connectivity index (χ1) is 17.4. The van der Waals surface area contributed by atoms with Gasteiger partial charge in [0.15, 0.2) is 16.3 Å². The number of thiazole rings is 1. The Morgan fingerprint density at radius 3 is 2.69 bits per heavy atom. The fourth-order valence-corrected chi connectivity index (χ4v) is 5.55. The number of hydrogen-bond acceptors (Lipinski definition) is 7. The molecule has 36 heavy (non-hydrogen) atoms. The summed E-state index contributed by atoms with van der Waals surface area (Å²) in [6.45, 7) is 5.93. The summed E-state index contributed by atoms with van der Waals surface area (Å²) in [5.74, 6) is 0.0694. The van der Waals surface area contributed by atoms with Crippen molar-refractivity contribution in [3.05, 3.63) is 86.2 Å². The van der Waals surface area contributed by atoms with Gasteiger partial charge in [-0.2, -0.15) is 0 Å². The van der Waals surface area contributed by atoms with Crippen LogP contribution in [0.1, 0.15) is 76.2 Å². The SMILES string of the molecule is CCCCCOc1cccc(C2c3c(oc4ccccc4c3=O)C(=O)N2c2nc(C)c(C(C)=O)s2)c1. The van der Waals surface area contributed by atoms with Crippen LogP contribution in [0.25, 0.3) is 11.0 Å². The number of aryl methyl sites for hydroxylation is 1. The first-order valence-electron chi connectivity index (χ1n) is 12.0. The molecular formula is C28H26N2O5S. The van der Waals surface area contributed by atoms with Crippen LogP contribution >= 0.6 is 11.3 Å². The molecule has 1 amide bonds. The number of anilines is 1. The highest BCUT2D eigenvalue weighted by molar-refractivity contribution is 7.17. The van der Waals surface area contributed by atoms with Crippen LogP contribution in [0.4, 0.5) is 5.13 Å². The Morgan fingerprint density at radius 2 is 1.94 bits per heavy atom. The predicted molar refractivity (Wildman–Crippen MR) is 139 cm³/mol. The third kappa shape index (κ3) is 4.11. The predicted octanol–water partition coefficient (Wildman–Crippen LogP) is 6.08. The summed E-state index contributed by atoms with van der Waals surface area (Å²) >= 11 is 1.14. The topological polar surface area (TPSA) is 89.7 Å². The number of ketones is 1. The van der Waals surface area contributed by atoms with Gasteiger partial charge in [-0.1, -0.05) is 55.4 Å². The Balaban J connectivity index is 1.67. The Labute approximate surface area is 212 Å². The second-order valence-electron chi connectivity index (χ2n) is 8.84. The first kappa shape index (κ1) is 23.9. The molecule has 1 aliphatic heterocycles. The second-order valence-corrected chi connectivity index (χ2v) is 9.82. The summed E-state index contributed by atoms with van der Waals surface area (Å²) in [6.07, 6.45) is 3.12. The van der Waals surface area contributed by atoms with E-state index in [1.165, 1.54) is 11.8 Å². The summed E-state index contributed by atoms with van der Waals surface area (Å²) in [5.41, 5.74) is 1.60. The number of carbonyl (C=O) groups excluding carboxylic acids is 2. The first-order valence-corrected chi connectivity index (χ1v) is 12.8. The molecule has 0 aliphatic carbocycles. The van der Waals surface area contributed by atoms with Crippen molar-refractivity contribution in [1.82, 2.24) is 4.98 Å². The number of carbonyl (C=O) groups is 2. The highest BCUT2D eigenvalue weighted by Gasteiger charge is 2.45. The van der Waals surface area contributed by atoms with Gasteiger partial charge in [-0.3, -0.25) is 19.3 Å². The minimum Gasteiger partial charge on any atom is -0.494 e. The third-order valence-corrected chi connectivity index (χ3v) is 7.54. The van der Waals surface area contributed by atoms with Gasteiger partial charge in [0.25, 0.3) is 5.91 Å². The molecule has 1 unspecified atom stereocenters. The van der Waals surface area contributed by atoms with Gasteiger partial charge in [-0.05, 0) is 43.2 Å². The molecule has 4 aromatic rings. The van der Waals surface area contributed by atoms with Crippen LogP contribution in [-0.4, -0.2) is 23.3 Å². The summed E-state index contributed by atoms with van der Waals surface area (Å²) in [7, 11) is 0. The van der Waals surface area contributed by atoms with Crippen molar-refractivity contribution < 1.29 is 18.7 Å². The maximum absolute atomic E-state index is 13.7. The van der Waals surface area contributed by atoms with E-state index in [0.29, 0.717) is 44.6 Å². The quantitative estimate of drug-likeness (QED) is 0.214. The van der Waals surface area contributed by atoms with Crippen LogP contribution in [0, 0.1) is 6.92 Å². The molecule has 1 atom stereocenters. The van der Waals surface area contributed by atoms with E-state index in [1.807, 2.05) is 24.3 Å². The van der Waals surface area contributed by atoms with Crippen LogP contribution in [0.3, 0.4) is 0 Å². The molecule has 2 aromatic heterocycles. The van der Waals surface area contributed by atoms with Gasteiger partial charge in [0.05, 0.1) is 34.2 Å². The molecule has 184 valence electrons. The minimum atomic E-state index is -0.766. The lowest BCUT2D eigenvalue weighted by atomic mass is 9.98. The van der Waals surface area contributed by atoms with E-state index < -0.39 is 11.9 Å². The minimum absolute atomic E-state index is 0.00445. The maximum atomic E-state index is 13.7. The van der Waals surface area contributed by atoms with E-state index in [4.69, 9.17) is 9.15 Å². The number of fused-ring (bicyclic) bond motifs is 2. The van der Waals surface area contributed by atoms with Crippen molar-refractivity contribution >= 4 is 39.1 Å². The van der Waals surface area contributed by atoms with Crippen molar-refractivity contribution in [1.29, 1.82) is 0 Å². The molecule has 0 saturated carbocycles. The second kappa shape index (κ2) is 9.70. The Bertz CT molecular complexity index is 1540. The summed E-state index contributed by atoms with van der Waals surface area (Å²) in [4.78, 5) is 46.1. The van der Waals surface area contributed by atoms with Crippen molar-refractivity contribution in [2.75, 3.05) is 11.5 Å². The highest BCUT2D eigenvalue weighted by Crippen LogP contribution is 2.43. The highest BCUT2D eigenvalue weighted by atomic mass is 32.1. The van der Waals surface area contributed by atoms with E-state index in [0.717, 1.165) is 30.6 Å². The average Bonchev–Trinajstić information content (AvgIpc) is 3.40. The Hall–Kier alpha value is -3.78. The lowest BCUT2D eigenvalue weighted by Crippen LogP contribution is -2.29. The molecule has 2 aromatic carbocycles. The van der Waals surface area contributed by atoms with E-state index >= 15 is 0 Å². The molecule has 7 nitrogen and oxygen atoms in total. The fraction of sp³-hybridized carbons (Fsp3) is 0.286. The number of aromatic nitrogens is 1. The molecule has 5 rings (SSSR count). The van der Waals surface area contributed by atoms with Gasteiger partial charge in [-0.15, -0.1) is 0 Å². The van der Waals surface area contributed by atoms with Crippen LogP contribution in [0.15, 0.2) is 57.7 Å². The van der Waals surface area contributed by atoms with Gasteiger partial charge in [0, 0.05) is 6.92 Å². The van der Waals surface area contributed by atoms with E-state index in [2.05, 4.69) is 11.9 Å². The number of Topliss-reactive ketones (excluding diaryl/α,β-unsaturated/α-hetero) is 1. The Kier molecular flexibility index (Phi) is 6.45. The molecule has 0 spiro atoms. The monoisotopic (exact) mass is 502 g/mol. The molecule has 1 aliphatic rings. The van der Waals surface area contributed by atoms with Crippen LogP contribution in [-0.2, 0) is 0 Å². The summed E-state index contributed by atoms with van der Waals surface area (Å²) in [5, 5.41) is 0.749. The zero-order valence-electron chi connectivity index (χ0n) is 20.4. The Morgan fingerprint density at radius 1 is 1.14 bits per heavy atom. The molecule has 0 bridgehead atoms. The fourth-order valence-electron chi connectivity index (χ4n) is 4.56. The van der Waals surface area contributed by atoms with Gasteiger partial charge in [0.2, 0.25) is 5.76 Å². The normalized spacial score (nSPS) is 14.9. The zero-order chi connectivity index (χ0) is 25.4. The standard InChI is InChI=1S/C28H26N2O5S/c1-4-5-8-14-34-19-11-9-10-18(15-19)23-22-24(32)20-12-6-7-13-21(20)35-25(22)27(33)30(23)28-29-16(2)26(36-28)17(3)31/h6-7,9-13,15,23H,4-5,8,14H2,1-3H3. The lowest BCUT2D eigenvalue weighted by Gasteiger charge is -2.23. The number of benzene rings is 2. The van der Waals surface area contributed by atoms with E-state index in [-0.39, 0.29) is 22.5 Å². The van der Waals surface area contributed by atoms with Crippen LogP contribution in [0.5, 0.6) is 5.75 Å². The number of amides is 1. The number of unbranched alkanes of at least 4 members (excludes halogenated alkanes) is 2. The van der Waals surface area contributed by atoms with Gasteiger partial charge < -0.3 is 9.15 Å². The number of rotatable bonds is 8. The molecule has 0 radical (unpaired) electrons. The van der Waals surface area contributed by atoms with Crippen molar-refractivity contribution in [2.24, 2.45) is 0 Å². The molecule has 3 heterocycles. The van der Waals surface area contributed by atoms with Crippen LogP contribution in [0.2, 0.25) is 0 Å². The molecular weight excluding hydrogens is 476 g/mol.